The number of hydrogen-bond acceptors (Lipinski definition) is 3. The fourth-order valence-corrected chi connectivity index (χ4v) is 4.03. The minimum atomic E-state index is -0.412. The third-order valence-corrected chi connectivity index (χ3v) is 5.52. The predicted molar refractivity (Wildman–Crippen MR) is 115 cm³/mol. The molecule has 3 heteroatoms. The van der Waals surface area contributed by atoms with E-state index >= 15 is 0 Å². The van der Waals surface area contributed by atoms with Crippen LogP contribution in [0.15, 0.2) is 72.8 Å². The van der Waals surface area contributed by atoms with Gasteiger partial charge in [0.05, 0.1) is 13.2 Å². The van der Waals surface area contributed by atoms with Crippen molar-refractivity contribution in [1.82, 2.24) is 0 Å². The van der Waals surface area contributed by atoms with Crippen LogP contribution in [0, 0.1) is 0 Å². The van der Waals surface area contributed by atoms with Crippen LogP contribution in [0.2, 0.25) is 0 Å². The van der Waals surface area contributed by atoms with Gasteiger partial charge in [-0.1, -0.05) is 48.5 Å². The van der Waals surface area contributed by atoms with Gasteiger partial charge in [0.25, 0.3) is 0 Å². The van der Waals surface area contributed by atoms with Crippen LogP contribution in [0.4, 0.5) is 11.4 Å². The van der Waals surface area contributed by atoms with E-state index in [0.29, 0.717) is 13.0 Å². The van der Waals surface area contributed by atoms with Crippen molar-refractivity contribution in [2.24, 2.45) is 0 Å². The summed E-state index contributed by atoms with van der Waals surface area (Å²) >= 11 is 0. The minimum absolute atomic E-state index is 0.412. The zero-order valence-electron chi connectivity index (χ0n) is 16.3. The third-order valence-electron chi connectivity index (χ3n) is 5.52. The smallest absolute Gasteiger partial charge is 0.119 e. The van der Waals surface area contributed by atoms with Gasteiger partial charge < -0.3 is 14.7 Å². The Morgan fingerprint density at radius 1 is 0.893 bits per heavy atom. The zero-order chi connectivity index (χ0) is 19.3. The summed E-state index contributed by atoms with van der Waals surface area (Å²) in [6, 6.07) is 25.2. The number of para-hydroxylation sites is 2. The average Bonchev–Trinajstić information content (AvgIpc) is 2.90. The Morgan fingerprint density at radius 3 is 2.18 bits per heavy atom. The number of ether oxygens (including phenoxy) is 1. The Bertz CT molecular complexity index is 890. The van der Waals surface area contributed by atoms with E-state index in [1.54, 1.807) is 7.11 Å². The summed E-state index contributed by atoms with van der Waals surface area (Å²) in [7, 11) is 1.68. The number of anilines is 2. The molecule has 0 bridgehead atoms. The van der Waals surface area contributed by atoms with Crippen LogP contribution < -0.4 is 9.64 Å². The van der Waals surface area contributed by atoms with Crippen molar-refractivity contribution < 1.29 is 9.84 Å². The summed E-state index contributed by atoms with van der Waals surface area (Å²) in [5, 5.41) is 10.9. The van der Waals surface area contributed by atoms with Gasteiger partial charge in [0, 0.05) is 17.9 Å². The van der Waals surface area contributed by atoms with E-state index in [2.05, 4.69) is 59.5 Å². The van der Waals surface area contributed by atoms with Gasteiger partial charge in [-0.3, -0.25) is 0 Å². The molecule has 0 radical (unpaired) electrons. The second kappa shape index (κ2) is 8.49. The Labute approximate surface area is 167 Å². The molecule has 1 aliphatic rings. The molecule has 1 unspecified atom stereocenters. The molecule has 1 aliphatic heterocycles. The quantitative estimate of drug-likeness (QED) is 0.665. The highest BCUT2D eigenvalue weighted by atomic mass is 16.5. The third kappa shape index (κ3) is 4.05. The van der Waals surface area contributed by atoms with Gasteiger partial charge in [0.15, 0.2) is 0 Å². The molecule has 144 valence electrons. The molecular formula is C25H27NO2. The molecule has 0 amide bonds. The van der Waals surface area contributed by atoms with Crippen LogP contribution >= 0.6 is 0 Å². The fourth-order valence-electron chi connectivity index (χ4n) is 4.03. The van der Waals surface area contributed by atoms with Crippen molar-refractivity contribution >= 4 is 11.4 Å². The van der Waals surface area contributed by atoms with E-state index in [4.69, 9.17) is 4.74 Å². The number of rotatable bonds is 6. The first kappa shape index (κ1) is 18.6. The zero-order valence-corrected chi connectivity index (χ0v) is 16.3. The van der Waals surface area contributed by atoms with Crippen LogP contribution in [-0.4, -0.2) is 24.9 Å². The minimum Gasteiger partial charge on any atom is -0.497 e. The molecule has 3 aromatic rings. The lowest BCUT2D eigenvalue weighted by Crippen LogP contribution is -2.29. The SMILES string of the molecule is COc1cccc(CCC(O)CN2c3ccccc3CCc3ccccc32)c1. The number of aryl methyl sites for hydroxylation is 3. The highest BCUT2D eigenvalue weighted by Gasteiger charge is 2.22. The Hall–Kier alpha value is -2.78. The summed E-state index contributed by atoms with van der Waals surface area (Å²) in [5.41, 5.74) is 6.31. The Morgan fingerprint density at radius 2 is 1.54 bits per heavy atom. The first-order chi connectivity index (χ1) is 13.7. The van der Waals surface area contributed by atoms with Gasteiger partial charge in [-0.2, -0.15) is 0 Å². The molecule has 1 heterocycles. The summed E-state index contributed by atoms with van der Waals surface area (Å²) in [4.78, 5) is 2.30. The van der Waals surface area contributed by atoms with E-state index in [9.17, 15) is 5.11 Å². The van der Waals surface area contributed by atoms with E-state index in [1.165, 1.54) is 28.1 Å². The monoisotopic (exact) mass is 373 g/mol. The van der Waals surface area contributed by atoms with Crippen LogP contribution in [-0.2, 0) is 19.3 Å². The first-order valence-electron chi connectivity index (χ1n) is 9.99. The molecule has 3 aromatic carbocycles. The van der Waals surface area contributed by atoms with Crippen LogP contribution in [0.1, 0.15) is 23.1 Å². The van der Waals surface area contributed by atoms with Gasteiger partial charge in [-0.05, 0) is 66.6 Å². The van der Waals surface area contributed by atoms with Gasteiger partial charge in [0.1, 0.15) is 5.75 Å². The number of hydrogen-bond donors (Lipinski definition) is 1. The molecule has 3 nitrogen and oxygen atoms in total. The maximum Gasteiger partial charge on any atom is 0.119 e. The molecule has 4 rings (SSSR count). The summed E-state index contributed by atoms with van der Waals surface area (Å²) in [5.74, 6) is 0.863. The highest BCUT2D eigenvalue weighted by Crippen LogP contribution is 2.36. The number of β-amino-alcohol motifs (C(OH)–C–C–N with tert-alkyl or cyclic N) is 1. The lowest BCUT2D eigenvalue weighted by Gasteiger charge is -2.29. The number of fused-ring (bicyclic) bond motifs is 2. The van der Waals surface area contributed by atoms with Gasteiger partial charge in [-0.15, -0.1) is 0 Å². The number of aliphatic hydroxyl groups is 1. The van der Waals surface area contributed by atoms with Crippen LogP contribution in [0.5, 0.6) is 5.75 Å². The maximum absolute atomic E-state index is 10.9. The molecule has 0 fully saturated rings. The standard InChI is InChI=1S/C25H27NO2/c1-28-23-10-6-7-19(17-23)13-16-22(27)18-26-24-11-4-2-8-20(24)14-15-21-9-3-5-12-25(21)26/h2-12,17,22,27H,13-16,18H2,1H3. The molecule has 0 saturated carbocycles. The van der Waals surface area contributed by atoms with Gasteiger partial charge in [0.2, 0.25) is 0 Å². The highest BCUT2D eigenvalue weighted by molar-refractivity contribution is 5.71. The number of methoxy groups -OCH3 is 1. The molecule has 28 heavy (non-hydrogen) atoms. The largest absolute Gasteiger partial charge is 0.497 e. The van der Waals surface area contributed by atoms with Crippen molar-refractivity contribution in [2.75, 3.05) is 18.6 Å². The summed E-state index contributed by atoms with van der Waals surface area (Å²) in [6.07, 6.45) is 3.20. The van der Waals surface area contributed by atoms with Crippen molar-refractivity contribution in [2.45, 2.75) is 31.8 Å². The van der Waals surface area contributed by atoms with Crippen molar-refractivity contribution in [3.8, 4) is 5.75 Å². The van der Waals surface area contributed by atoms with E-state index in [0.717, 1.165) is 25.0 Å². The molecule has 0 saturated heterocycles. The molecular weight excluding hydrogens is 346 g/mol. The van der Waals surface area contributed by atoms with Crippen LogP contribution in [0.3, 0.4) is 0 Å². The average molecular weight is 373 g/mol. The van der Waals surface area contributed by atoms with Crippen molar-refractivity contribution in [3.05, 3.63) is 89.5 Å². The Kier molecular flexibility index (Phi) is 5.63. The summed E-state index contributed by atoms with van der Waals surface area (Å²) < 4.78 is 5.30. The number of benzene rings is 3. The number of nitrogens with zero attached hydrogens (tertiary/aromatic N) is 1. The molecule has 0 aliphatic carbocycles. The second-order valence-electron chi connectivity index (χ2n) is 7.41. The predicted octanol–water partition coefficient (Wildman–Crippen LogP) is 4.93. The Balaban J connectivity index is 1.53. The molecule has 1 N–H and O–H groups in total. The van der Waals surface area contributed by atoms with E-state index in [1.807, 2.05) is 18.2 Å². The number of aliphatic hydroxyl groups excluding tert-OH is 1. The topological polar surface area (TPSA) is 32.7 Å². The normalized spacial score (nSPS) is 14.0. The molecule has 1 atom stereocenters. The fraction of sp³-hybridized carbons (Fsp3) is 0.280. The second-order valence-corrected chi connectivity index (χ2v) is 7.41. The van der Waals surface area contributed by atoms with Crippen molar-refractivity contribution in [3.63, 3.8) is 0 Å². The van der Waals surface area contributed by atoms with E-state index in [-0.39, 0.29) is 0 Å². The lowest BCUT2D eigenvalue weighted by molar-refractivity contribution is 0.173. The lowest BCUT2D eigenvalue weighted by atomic mass is 10.0. The molecule has 0 spiro atoms. The first-order valence-corrected chi connectivity index (χ1v) is 9.99. The summed E-state index contributed by atoms with van der Waals surface area (Å²) in [6.45, 7) is 0.595. The molecule has 0 aromatic heterocycles. The van der Waals surface area contributed by atoms with Gasteiger partial charge >= 0.3 is 0 Å². The van der Waals surface area contributed by atoms with Crippen molar-refractivity contribution in [1.29, 1.82) is 0 Å². The van der Waals surface area contributed by atoms with Gasteiger partial charge in [-0.25, -0.2) is 0 Å². The van der Waals surface area contributed by atoms with E-state index < -0.39 is 6.10 Å². The maximum atomic E-state index is 10.9. The van der Waals surface area contributed by atoms with Crippen LogP contribution in [0.25, 0.3) is 0 Å².